The molecule has 0 radical (unpaired) electrons. The molecule has 0 saturated heterocycles. The number of ether oxygens (including phenoxy) is 1. The molecule has 0 unspecified atom stereocenters. The summed E-state index contributed by atoms with van der Waals surface area (Å²) in [7, 11) is 0. The van der Waals surface area contributed by atoms with E-state index in [1.54, 1.807) is 30.6 Å². The van der Waals surface area contributed by atoms with Gasteiger partial charge < -0.3 is 9.30 Å². The minimum absolute atomic E-state index is 0.0146. The van der Waals surface area contributed by atoms with Gasteiger partial charge in [-0.05, 0) is 24.6 Å². The number of aromatic nitrogens is 1. The zero-order valence-corrected chi connectivity index (χ0v) is 10.5. The van der Waals surface area contributed by atoms with E-state index in [9.17, 15) is 4.79 Å². The lowest BCUT2D eigenvalue weighted by molar-refractivity contribution is 0.301. The number of benzene rings is 1. The van der Waals surface area contributed by atoms with Gasteiger partial charge in [-0.1, -0.05) is 6.07 Å². The van der Waals surface area contributed by atoms with Crippen molar-refractivity contribution in [3.8, 4) is 11.8 Å². The first-order valence-electron chi connectivity index (χ1n) is 6.07. The topological polar surface area (TPSA) is 55.0 Å². The van der Waals surface area contributed by atoms with Gasteiger partial charge >= 0.3 is 0 Å². The maximum Gasteiger partial charge on any atom is 0.181 e. The number of pyridine rings is 1. The predicted molar refractivity (Wildman–Crippen MR) is 72.0 cm³/mol. The smallest absolute Gasteiger partial charge is 0.181 e. The molecule has 0 spiro atoms. The van der Waals surface area contributed by atoms with Gasteiger partial charge in [0.05, 0.1) is 18.2 Å². The van der Waals surface area contributed by atoms with Crippen LogP contribution in [0.1, 0.15) is 12.0 Å². The number of hydrogen-bond acceptors (Lipinski definition) is 3. The molecule has 2 aromatic rings. The fraction of sp³-hybridized carbons (Fsp3) is 0.200. The Morgan fingerprint density at radius 1 is 1.21 bits per heavy atom. The Morgan fingerprint density at radius 3 is 2.74 bits per heavy atom. The molecule has 1 aromatic heterocycles. The lowest BCUT2D eigenvalue weighted by Crippen LogP contribution is -2.07. The van der Waals surface area contributed by atoms with E-state index in [0.717, 1.165) is 13.0 Å². The fourth-order valence-corrected chi connectivity index (χ4v) is 1.69. The average Bonchev–Trinajstić information content (AvgIpc) is 2.46. The number of hydrogen-bond donors (Lipinski definition) is 0. The Labute approximate surface area is 111 Å². The van der Waals surface area contributed by atoms with Crippen molar-refractivity contribution in [2.45, 2.75) is 13.0 Å². The van der Waals surface area contributed by atoms with Crippen LogP contribution in [0.15, 0.2) is 53.6 Å². The van der Waals surface area contributed by atoms with Crippen LogP contribution in [0.2, 0.25) is 0 Å². The van der Waals surface area contributed by atoms with Crippen LogP contribution in [-0.4, -0.2) is 11.2 Å². The molecule has 19 heavy (non-hydrogen) atoms. The van der Waals surface area contributed by atoms with Crippen LogP contribution in [0.4, 0.5) is 0 Å². The minimum atomic E-state index is 0.0146. The first-order valence-corrected chi connectivity index (χ1v) is 6.07. The lowest BCUT2D eigenvalue weighted by atomic mass is 10.2. The molecule has 0 atom stereocenters. The van der Waals surface area contributed by atoms with Gasteiger partial charge in [0, 0.05) is 31.1 Å². The van der Waals surface area contributed by atoms with Crippen LogP contribution in [0.5, 0.6) is 5.75 Å². The molecule has 1 heterocycles. The van der Waals surface area contributed by atoms with Crippen molar-refractivity contribution < 1.29 is 4.74 Å². The quantitative estimate of drug-likeness (QED) is 0.768. The summed E-state index contributed by atoms with van der Waals surface area (Å²) in [6.07, 6.45) is 4.36. The van der Waals surface area contributed by atoms with Crippen molar-refractivity contribution in [1.29, 1.82) is 5.26 Å². The zero-order chi connectivity index (χ0) is 13.5. The van der Waals surface area contributed by atoms with Crippen LogP contribution < -0.4 is 10.2 Å². The van der Waals surface area contributed by atoms with E-state index in [-0.39, 0.29) is 5.43 Å². The van der Waals surface area contributed by atoms with Crippen LogP contribution >= 0.6 is 0 Å². The lowest BCUT2D eigenvalue weighted by Gasteiger charge is -2.08. The first kappa shape index (κ1) is 12.9. The summed E-state index contributed by atoms with van der Waals surface area (Å²) in [5, 5.41) is 8.77. The third kappa shape index (κ3) is 4.00. The van der Waals surface area contributed by atoms with Crippen molar-refractivity contribution in [1.82, 2.24) is 4.57 Å². The third-order valence-electron chi connectivity index (χ3n) is 2.65. The van der Waals surface area contributed by atoms with Crippen LogP contribution in [0, 0.1) is 11.3 Å². The van der Waals surface area contributed by atoms with Gasteiger partial charge in [0.1, 0.15) is 5.75 Å². The fourth-order valence-electron chi connectivity index (χ4n) is 1.69. The first-order chi connectivity index (χ1) is 9.28. The molecule has 0 aliphatic carbocycles. The van der Waals surface area contributed by atoms with Gasteiger partial charge in [0.15, 0.2) is 5.43 Å². The minimum Gasteiger partial charge on any atom is -0.493 e. The third-order valence-corrected chi connectivity index (χ3v) is 2.65. The number of nitrogens with zero attached hydrogens (tertiary/aromatic N) is 2. The molecule has 0 aliphatic rings. The Kier molecular flexibility index (Phi) is 4.35. The maximum atomic E-state index is 10.9. The Hall–Kier alpha value is -2.54. The summed E-state index contributed by atoms with van der Waals surface area (Å²) in [6.45, 7) is 1.36. The van der Waals surface area contributed by atoms with Crippen LogP contribution in [0.3, 0.4) is 0 Å². The van der Waals surface area contributed by atoms with Crippen molar-refractivity contribution in [2.24, 2.45) is 0 Å². The van der Waals surface area contributed by atoms with Crippen molar-refractivity contribution >= 4 is 0 Å². The molecule has 4 nitrogen and oxygen atoms in total. The van der Waals surface area contributed by atoms with E-state index in [0.29, 0.717) is 17.9 Å². The second-order valence-electron chi connectivity index (χ2n) is 4.11. The van der Waals surface area contributed by atoms with Gasteiger partial charge in [-0.2, -0.15) is 5.26 Å². The molecule has 0 fully saturated rings. The van der Waals surface area contributed by atoms with E-state index in [4.69, 9.17) is 10.00 Å². The summed E-state index contributed by atoms with van der Waals surface area (Å²) >= 11 is 0. The van der Waals surface area contributed by atoms with E-state index < -0.39 is 0 Å². The molecule has 0 amide bonds. The monoisotopic (exact) mass is 254 g/mol. The zero-order valence-electron chi connectivity index (χ0n) is 10.5. The molecule has 0 bridgehead atoms. The standard InChI is InChI=1S/C15H14N2O2/c16-12-13-3-1-4-15(11-13)19-10-2-7-17-8-5-14(18)6-9-17/h1,3-6,8-9,11H,2,7,10H2. The predicted octanol–water partition coefficient (Wildman–Crippen LogP) is 2.19. The second kappa shape index (κ2) is 6.41. The van der Waals surface area contributed by atoms with Gasteiger partial charge in [0.2, 0.25) is 0 Å². The largest absolute Gasteiger partial charge is 0.493 e. The Bertz CT molecular complexity index is 621. The normalized spacial score (nSPS) is 9.84. The van der Waals surface area contributed by atoms with E-state index in [1.807, 2.05) is 10.6 Å². The Morgan fingerprint density at radius 2 is 2.00 bits per heavy atom. The highest BCUT2D eigenvalue weighted by Gasteiger charge is 1.96. The molecule has 0 N–H and O–H groups in total. The van der Waals surface area contributed by atoms with E-state index in [2.05, 4.69) is 6.07 Å². The number of rotatable bonds is 5. The van der Waals surface area contributed by atoms with Gasteiger partial charge in [0.25, 0.3) is 0 Å². The Balaban J connectivity index is 1.79. The number of nitriles is 1. The summed E-state index contributed by atoms with van der Waals surface area (Å²) < 4.78 is 7.51. The molecule has 2 rings (SSSR count). The molecule has 96 valence electrons. The van der Waals surface area contributed by atoms with E-state index >= 15 is 0 Å². The molecule has 1 aromatic carbocycles. The van der Waals surface area contributed by atoms with Gasteiger partial charge in [-0.3, -0.25) is 4.79 Å². The highest BCUT2D eigenvalue weighted by molar-refractivity contribution is 5.36. The summed E-state index contributed by atoms with van der Waals surface area (Å²) in [5.74, 6) is 0.707. The molecular formula is C15H14N2O2. The second-order valence-corrected chi connectivity index (χ2v) is 4.11. The van der Waals surface area contributed by atoms with Crippen LogP contribution in [0.25, 0.3) is 0 Å². The highest BCUT2D eigenvalue weighted by Crippen LogP contribution is 2.12. The average molecular weight is 254 g/mol. The summed E-state index contributed by atoms with van der Waals surface area (Å²) in [6, 6.07) is 12.3. The van der Waals surface area contributed by atoms with Crippen molar-refractivity contribution in [2.75, 3.05) is 6.61 Å². The molecule has 0 aliphatic heterocycles. The molecule has 4 heteroatoms. The summed E-state index contributed by atoms with van der Waals surface area (Å²) in [5.41, 5.74) is 0.610. The highest BCUT2D eigenvalue weighted by atomic mass is 16.5. The van der Waals surface area contributed by atoms with Crippen LogP contribution in [-0.2, 0) is 6.54 Å². The van der Waals surface area contributed by atoms with Gasteiger partial charge in [-0.25, -0.2) is 0 Å². The van der Waals surface area contributed by atoms with Crippen molar-refractivity contribution in [3.63, 3.8) is 0 Å². The van der Waals surface area contributed by atoms with E-state index in [1.165, 1.54) is 12.1 Å². The number of aryl methyl sites for hydroxylation is 1. The molecule has 0 saturated carbocycles. The molecular weight excluding hydrogens is 240 g/mol. The summed E-state index contributed by atoms with van der Waals surface area (Å²) in [4.78, 5) is 10.9. The van der Waals surface area contributed by atoms with Crippen molar-refractivity contribution in [3.05, 3.63) is 64.6 Å². The SMILES string of the molecule is N#Cc1cccc(OCCCn2ccc(=O)cc2)c1. The van der Waals surface area contributed by atoms with Gasteiger partial charge in [-0.15, -0.1) is 0 Å². The maximum absolute atomic E-state index is 10.9.